The van der Waals surface area contributed by atoms with Crippen molar-refractivity contribution >= 4 is 35.0 Å². The fraction of sp³-hybridized carbons (Fsp3) is 0.200. The van der Waals surface area contributed by atoms with Gasteiger partial charge in [0.25, 0.3) is 5.91 Å². The molecule has 0 spiro atoms. The summed E-state index contributed by atoms with van der Waals surface area (Å²) in [4.78, 5) is 12.1. The molecule has 0 aliphatic heterocycles. The number of amides is 1. The largest absolute Gasteiger partial charge is 0.302 e. The van der Waals surface area contributed by atoms with E-state index in [1.54, 1.807) is 31.2 Å². The molecule has 0 unspecified atom stereocenters. The average Bonchev–Trinajstić information content (AvgIpc) is 3.14. The molecule has 150 valence electrons. The lowest BCUT2D eigenvalue weighted by molar-refractivity contribution is -0.118. The van der Waals surface area contributed by atoms with Gasteiger partial charge in [0.15, 0.2) is 11.0 Å². The Kier molecular flexibility index (Phi) is 7.00. The molecule has 3 rings (SSSR count). The number of carbonyl (C=O) groups excluding carboxylic acids is 1. The highest BCUT2D eigenvalue weighted by Gasteiger charge is 2.14. The minimum Gasteiger partial charge on any atom is -0.302 e. The molecule has 1 N–H and O–H groups in total. The number of halogens is 2. The smallest absolute Gasteiger partial charge is 0.250 e. The maximum Gasteiger partial charge on any atom is 0.250 e. The Labute approximate surface area is 177 Å². The highest BCUT2D eigenvalue weighted by Crippen LogP contribution is 2.25. The first-order chi connectivity index (χ1) is 14.0. The van der Waals surface area contributed by atoms with Gasteiger partial charge in [0.1, 0.15) is 5.82 Å². The Balaban J connectivity index is 1.62. The molecular weight excluding hydrogens is 413 g/mol. The van der Waals surface area contributed by atoms with Crippen LogP contribution in [0, 0.1) is 5.82 Å². The van der Waals surface area contributed by atoms with E-state index in [0.717, 1.165) is 17.0 Å². The van der Waals surface area contributed by atoms with Crippen LogP contribution in [0.25, 0.3) is 11.4 Å². The van der Waals surface area contributed by atoms with Crippen LogP contribution in [0.1, 0.15) is 19.4 Å². The zero-order valence-corrected chi connectivity index (χ0v) is 17.5. The molecule has 1 heterocycles. The highest BCUT2D eigenvalue weighted by atomic mass is 35.5. The van der Waals surface area contributed by atoms with Crippen molar-refractivity contribution in [3.05, 3.63) is 64.9 Å². The summed E-state index contributed by atoms with van der Waals surface area (Å²) < 4.78 is 14.9. The Morgan fingerprint density at radius 3 is 2.52 bits per heavy atom. The molecule has 9 heteroatoms. The standard InChI is InChI=1S/C20H19ClFN5OS/c1-3-27-19(15-4-8-16(21)9-5-15)25-26-20(27)29-12-18(28)24-23-13(2)14-6-10-17(22)11-7-14/h4-11H,3,12H2,1-2H3,(H,24,28)/b23-13+. The number of hydrogen-bond acceptors (Lipinski definition) is 5. The summed E-state index contributed by atoms with van der Waals surface area (Å²) in [5, 5.41) is 13.8. The number of nitrogens with one attached hydrogen (secondary N) is 1. The van der Waals surface area contributed by atoms with Crippen molar-refractivity contribution in [1.29, 1.82) is 0 Å². The van der Waals surface area contributed by atoms with Crippen molar-refractivity contribution in [2.24, 2.45) is 5.10 Å². The number of carbonyl (C=O) groups is 1. The summed E-state index contributed by atoms with van der Waals surface area (Å²) in [7, 11) is 0. The van der Waals surface area contributed by atoms with Crippen molar-refractivity contribution in [3.8, 4) is 11.4 Å². The zero-order chi connectivity index (χ0) is 20.8. The van der Waals surface area contributed by atoms with Gasteiger partial charge < -0.3 is 4.57 Å². The van der Waals surface area contributed by atoms with E-state index >= 15 is 0 Å². The molecule has 0 fully saturated rings. The van der Waals surface area contributed by atoms with Crippen LogP contribution in [0.3, 0.4) is 0 Å². The fourth-order valence-electron chi connectivity index (χ4n) is 2.56. The van der Waals surface area contributed by atoms with Gasteiger partial charge >= 0.3 is 0 Å². The number of hydrogen-bond donors (Lipinski definition) is 1. The summed E-state index contributed by atoms with van der Waals surface area (Å²) >= 11 is 7.22. The molecule has 6 nitrogen and oxygen atoms in total. The van der Waals surface area contributed by atoms with Crippen LogP contribution in [-0.4, -0.2) is 32.1 Å². The molecule has 0 saturated carbocycles. The summed E-state index contributed by atoms with van der Waals surface area (Å²) in [6.45, 7) is 4.40. The van der Waals surface area contributed by atoms with E-state index < -0.39 is 0 Å². The third-order valence-electron chi connectivity index (χ3n) is 4.08. The monoisotopic (exact) mass is 431 g/mol. The summed E-state index contributed by atoms with van der Waals surface area (Å²) in [6, 6.07) is 13.3. The third kappa shape index (κ3) is 5.42. The van der Waals surface area contributed by atoms with Crippen LogP contribution < -0.4 is 5.43 Å². The van der Waals surface area contributed by atoms with E-state index in [9.17, 15) is 9.18 Å². The predicted octanol–water partition coefficient (Wildman–Crippen LogP) is 4.39. The lowest BCUT2D eigenvalue weighted by Gasteiger charge is -2.07. The molecule has 0 aliphatic carbocycles. The number of benzene rings is 2. The first-order valence-electron chi connectivity index (χ1n) is 8.89. The molecule has 29 heavy (non-hydrogen) atoms. The van der Waals surface area contributed by atoms with Crippen LogP contribution in [0.5, 0.6) is 0 Å². The molecule has 1 aromatic heterocycles. The molecule has 0 aliphatic rings. The van der Waals surface area contributed by atoms with Crippen LogP contribution in [0.15, 0.2) is 58.8 Å². The molecular formula is C20H19ClFN5OS. The van der Waals surface area contributed by atoms with Gasteiger partial charge in [0, 0.05) is 17.1 Å². The van der Waals surface area contributed by atoms with E-state index in [-0.39, 0.29) is 17.5 Å². The summed E-state index contributed by atoms with van der Waals surface area (Å²) in [6.07, 6.45) is 0. The first-order valence-corrected chi connectivity index (χ1v) is 10.2. The van der Waals surface area contributed by atoms with Gasteiger partial charge in [-0.25, -0.2) is 9.82 Å². The van der Waals surface area contributed by atoms with Gasteiger partial charge in [-0.15, -0.1) is 10.2 Å². The normalized spacial score (nSPS) is 11.5. The Bertz CT molecular complexity index is 1020. The van der Waals surface area contributed by atoms with Crippen molar-refractivity contribution in [2.45, 2.75) is 25.5 Å². The SMILES string of the molecule is CCn1c(SCC(=O)N/N=C(\C)c2ccc(F)cc2)nnc1-c1ccc(Cl)cc1. The molecule has 0 bridgehead atoms. The van der Waals surface area contributed by atoms with Gasteiger partial charge in [0.05, 0.1) is 11.5 Å². The molecule has 1 amide bonds. The van der Waals surface area contributed by atoms with E-state index in [4.69, 9.17) is 11.6 Å². The minimum absolute atomic E-state index is 0.138. The Morgan fingerprint density at radius 1 is 1.17 bits per heavy atom. The van der Waals surface area contributed by atoms with Crippen LogP contribution in [0.2, 0.25) is 5.02 Å². The Hall–Kier alpha value is -2.71. The van der Waals surface area contributed by atoms with Gasteiger partial charge in [-0.3, -0.25) is 4.79 Å². The van der Waals surface area contributed by atoms with Crippen LogP contribution in [0.4, 0.5) is 4.39 Å². The topological polar surface area (TPSA) is 72.2 Å². The van der Waals surface area contributed by atoms with Crippen molar-refractivity contribution in [3.63, 3.8) is 0 Å². The van der Waals surface area contributed by atoms with E-state index in [1.807, 2.05) is 23.6 Å². The maximum atomic E-state index is 13.0. The highest BCUT2D eigenvalue weighted by molar-refractivity contribution is 7.99. The van der Waals surface area contributed by atoms with Gasteiger partial charge in [0.2, 0.25) is 0 Å². The van der Waals surface area contributed by atoms with E-state index in [0.29, 0.717) is 22.4 Å². The van der Waals surface area contributed by atoms with E-state index in [2.05, 4.69) is 20.7 Å². The maximum absolute atomic E-state index is 13.0. The molecule has 3 aromatic rings. The number of nitrogens with zero attached hydrogens (tertiary/aromatic N) is 4. The molecule has 0 radical (unpaired) electrons. The lowest BCUT2D eigenvalue weighted by Crippen LogP contribution is -2.21. The van der Waals surface area contributed by atoms with Crippen LogP contribution >= 0.6 is 23.4 Å². The number of rotatable bonds is 7. The predicted molar refractivity (Wildman–Crippen MR) is 114 cm³/mol. The quantitative estimate of drug-likeness (QED) is 0.342. The second-order valence-corrected chi connectivity index (χ2v) is 7.46. The summed E-state index contributed by atoms with van der Waals surface area (Å²) in [5.41, 5.74) is 4.73. The number of hydrazone groups is 1. The average molecular weight is 432 g/mol. The van der Waals surface area contributed by atoms with Gasteiger partial charge in [-0.05, 0) is 55.8 Å². The second-order valence-electron chi connectivity index (χ2n) is 6.09. The second kappa shape index (κ2) is 9.67. The van der Waals surface area contributed by atoms with Crippen molar-refractivity contribution in [1.82, 2.24) is 20.2 Å². The minimum atomic E-state index is -0.319. The van der Waals surface area contributed by atoms with Crippen molar-refractivity contribution < 1.29 is 9.18 Å². The Morgan fingerprint density at radius 2 is 1.86 bits per heavy atom. The van der Waals surface area contributed by atoms with Crippen LogP contribution in [-0.2, 0) is 11.3 Å². The third-order valence-corrected chi connectivity index (χ3v) is 5.30. The first kappa shape index (κ1) is 21.0. The molecule has 0 atom stereocenters. The lowest BCUT2D eigenvalue weighted by atomic mass is 10.1. The number of thioether (sulfide) groups is 1. The molecule has 0 saturated heterocycles. The van der Waals surface area contributed by atoms with Gasteiger partial charge in [-0.2, -0.15) is 5.10 Å². The fourth-order valence-corrected chi connectivity index (χ4v) is 3.48. The van der Waals surface area contributed by atoms with E-state index in [1.165, 1.54) is 23.9 Å². The van der Waals surface area contributed by atoms with Gasteiger partial charge in [-0.1, -0.05) is 35.5 Å². The van der Waals surface area contributed by atoms with Crippen molar-refractivity contribution in [2.75, 3.05) is 5.75 Å². The summed E-state index contributed by atoms with van der Waals surface area (Å²) in [5.74, 6) is 0.270. The zero-order valence-electron chi connectivity index (χ0n) is 15.9. The number of aromatic nitrogens is 3. The molecule has 2 aromatic carbocycles.